The molecule has 2 heterocycles. The molecule has 0 N–H and O–H groups in total. The van der Waals surface area contributed by atoms with Crippen LogP contribution in [-0.2, 0) is 0 Å². The molecule has 2 aromatic rings. The van der Waals surface area contributed by atoms with Crippen molar-refractivity contribution in [3.63, 3.8) is 0 Å². The molecule has 0 radical (unpaired) electrons. The number of hydrogen-bond donors (Lipinski definition) is 0. The fraction of sp³-hybridized carbons (Fsp3) is 0.273. The second kappa shape index (κ2) is 3.66. The van der Waals surface area contributed by atoms with Crippen LogP contribution in [0.25, 0.3) is 5.52 Å². The number of rotatable bonds is 2. The summed E-state index contributed by atoms with van der Waals surface area (Å²) in [5.74, 6) is 1.05. The van der Waals surface area contributed by atoms with Crippen molar-refractivity contribution < 1.29 is 4.79 Å². The number of carbonyl (C=O) groups excluding carboxylic acids is 1. The van der Waals surface area contributed by atoms with Gasteiger partial charge in [0.1, 0.15) is 5.82 Å². The van der Waals surface area contributed by atoms with E-state index in [9.17, 15) is 4.79 Å². The maximum absolute atomic E-state index is 10.9. The van der Waals surface area contributed by atoms with E-state index >= 15 is 0 Å². The lowest BCUT2D eigenvalue weighted by Crippen LogP contribution is -2.01. The summed E-state index contributed by atoms with van der Waals surface area (Å²) >= 11 is 6.00. The Morgan fingerprint density at radius 2 is 2.20 bits per heavy atom. The highest BCUT2D eigenvalue weighted by molar-refractivity contribution is 6.32. The average molecular weight is 223 g/mol. The van der Waals surface area contributed by atoms with Crippen molar-refractivity contribution in [3.8, 4) is 0 Å². The summed E-state index contributed by atoms with van der Waals surface area (Å²) < 4.78 is 1.81. The van der Waals surface area contributed by atoms with Gasteiger partial charge in [-0.3, -0.25) is 9.20 Å². The van der Waals surface area contributed by atoms with Gasteiger partial charge >= 0.3 is 0 Å². The van der Waals surface area contributed by atoms with E-state index in [0.717, 1.165) is 17.6 Å². The molecule has 3 nitrogen and oxygen atoms in total. The Kier molecular flexibility index (Phi) is 2.49. The van der Waals surface area contributed by atoms with Crippen LogP contribution in [0.15, 0.2) is 18.2 Å². The van der Waals surface area contributed by atoms with Crippen molar-refractivity contribution in [3.05, 3.63) is 34.9 Å². The smallest absolute Gasteiger partial charge is 0.166 e. The van der Waals surface area contributed by atoms with Crippen LogP contribution in [-0.4, -0.2) is 15.7 Å². The molecule has 0 bridgehead atoms. The summed E-state index contributed by atoms with van der Waals surface area (Å²) in [5.41, 5.74) is 1.36. The number of imidazole rings is 1. The lowest BCUT2D eigenvalue weighted by molar-refractivity contribution is 0.111. The molecule has 0 aromatic carbocycles. The molecule has 0 aliphatic heterocycles. The van der Waals surface area contributed by atoms with E-state index in [-0.39, 0.29) is 5.92 Å². The largest absolute Gasteiger partial charge is 0.296 e. The van der Waals surface area contributed by atoms with Gasteiger partial charge in [-0.05, 0) is 12.1 Å². The predicted molar refractivity (Wildman–Crippen MR) is 59.7 cm³/mol. The minimum absolute atomic E-state index is 0.228. The molecule has 0 atom stereocenters. The molecule has 0 aliphatic rings. The number of fused-ring (bicyclic) bond motifs is 1. The maximum atomic E-state index is 10.9. The van der Waals surface area contributed by atoms with Crippen molar-refractivity contribution in [2.75, 3.05) is 0 Å². The van der Waals surface area contributed by atoms with Gasteiger partial charge in [-0.2, -0.15) is 0 Å². The van der Waals surface area contributed by atoms with Gasteiger partial charge < -0.3 is 0 Å². The van der Waals surface area contributed by atoms with Crippen LogP contribution in [0, 0.1) is 0 Å². The summed E-state index contributed by atoms with van der Waals surface area (Å²) in [6.07, 6.45) is 0.816. The Labute approximate surface area is 92.7 Å². The quantitative estimate of drug-likeness (QED) is 0.733. The van der Waals surface area contributed by atoms with Gasteiger partial charge in [-0.25, -0.2) is 4.98 Å². The second-order valence-corrected chi connectivity index (χ2v) is 4.06. The molecule has 0 fully saturated rings. The van der Waals surface area contributed by atoms with E-state index in [1.165, 1.54) is 0 Å². The molecule has 78 valence electrons. The molecule has 2 aromatic heterocycles. The number of nitrogens with zero attached hydrogens (tertiary/aromatic N) is 2. The monoisotopic (exact) mass is 222 g/mol. The Balaban J connectivity index is 2.88. The molecule has 0 unspecified atom stereocenters. The van der Waals surface area contributed by atoms with Gasteiger partial charge in [-0.15, -0.1) is 0 Å². The molecule has 0 saturated carbocycles. The first-order chi connectivity index (χ1) is 7.15. The van der Waals surface area contributed by atoms with E-state index in [2.05, 4.69) is 4.98 Å². The molecule has 0 saturated heterocycles. The van der Waals surface area contributed by atoms with Crippen molar-refractivity contribution >= 4 is 23.4 Å². The Morgan fingerprint density at radius 3 is 2.80 bits per heavy atom. The molecule has 15 heavy (non-hydrogen) atoms. The van der Waals surface area contributed by atoms with Crippen molar-refractivity contribution in [2.45, 2.75) is 19.8 Å². The van der Waals surface area contributed by atoms with Crippen LogP contribution in [0.1, 0.15) is 36.1 Å². The fourth-order valence-corrected chi connectivity index (χ4v) is 1.86. The third-order valence-electron chi connectivity index (χ3n) is 2.31. The summed E-state index contributed by atoms with van der Waals surface area (Å²) in [6, 6.07) is 5.41. The van der Waals surface area contributed by atoms with Crippen molar-refractivity contribution in [2.24, 2.45) is 0 Å². The number of carbonyl (C=O) groups is 1. The number of halogens is 1. The Hall–Kier alpha value is -1.35. The van der Waals surface area contributed by atoms with Crippen LogP contribution in [0.2, 0.25) is 5.15 Å². The summed E-state index contributed by atoms with van der Waals surface area (Å²) in [6.45, 7) is 4.04. The molecular formula is C11H11ClN2O. The molecule has 4 heteroatoms. The lowest BCUT2D eigenvalue weighted by Gasteiger charge is -2.05. The minimum Gasteiger partial charge on any atom is -0.296 e. The minimum atomic E-state index is 0.228. The fourth-order valence-electron chi connectivity index (χ4n) is 1.63. The number of hydrogen-bond acceptors (Lipinski definition) is 2. The zero-order valence-electron chi connectivity index (χ0n) is 8.57. The van der Waals surface area contributed by atoms with Gasteiger partial charge in [0.15, 0.2) is 11.4 Å². The average Bonchev–Trinajstić information content (AvgIpc) is 2.56. The summed E-state index contributed by atoms with van der Waals surface area (Å²) in [5, 5.41) is 0.447. The molecular weight excluding hydrogens is 212 g/mol. The van der Waals surface area contributed by atoms with Crippen LogP contribution < -0.4 is 0 Å². The molecule has 0 aliphatic carbocycles. The van der Waals surface area contributed by atoms with E-state index < -0.39 is 0 Å². The van der Waals surface area contributed by atoms with E-state index in [1.54, 1.807) is 16.5 Å². The zero-order chi connectivity index (χ0) is 11.0. The van der Waals surface area contributed by atoms with E-state index in [1.807, 2.05) is 19.9 Å². The third kappa shape index (κ3) is 1.53. The van der Waals surface area contributed by atoms with Gasteiger partial charge in [0.25, 0.3) is 0 Å². The highest BCUT2D eigenvalue weighted by atomic mass is 35.5. The van der Waals surface area contributed by atoms with Crippen LogP contribution >= 0.6 is 11.6 Å². The number of aromatic nitrogens is 2. The molecule has 0 spiro atoms. The Morgan fingerprint density at radius 1 is 1.47 bits per heavy atom. The van der Waals surface area contributed by atoms with Crippen LogP contribution in [0.5, 0.6) is 0 Å². The van der Waals surface area contributed by atoms with Crippen molar-refractivity contribution in [1.82, 2.24) is 9.38 Å². The molecule has 0 amide bonds. The topological polar surface area (TPSA) is 34.4 Å². The van der Waals surface area contributed by atoms with E-state index in [4.69, 9.17) is 11.6 Å². The van der Waals surface area contributed by atoms with Crippen LogP contribution in [0.4, 0.5) is 0 Å². The number of pyridine rings is 1. The summed E-state index contributed by atoms with van der Waals surface area (Å²) in [7, 11) is 0. The first-order valence-corrected chi connectivity index (χ1v) is 5.15. The zero-order valence-corrected chi connectivity index (χ0v) is 9.32. The van der Waals surface area contributed by atoms with Gasteiger partial charge in [0, 0.05) is 5.92 Å². The number of aldehydes is 1. The highest BCUT2D eigenvalue weighted by Crippen LogP contribution is 2.24. The standard InChI is InChI=1S/C11H11ClN2O/c1-7(2)11-13-10(12)9-5-3-4-8(6-15)14(9)11/h3-7H,1-2H3. The normalized spacial score (nSPS) is 11.2. The predicted octanol–water partition coefficient (Wildman–Crippen LogP) is 2.92. The lowest BCUT2D eigenvalue weighted by atomic mass is 10.2. The first kappa shape index (κ1) is 10.2. The van der Waals surface area contributed by atoms with Gasteiger partial charge in [0.2, 0.25) is 0 Å². The Bertz CT molecular complexity index is 517. The van der Waals surface area contributed by atoms with Gasteiger partial charge in [-0.1, -0.05) is 31.5 Å². The third-order valence-corrected chi connectivity index (χ3v) is 2.59. The SMILES string of the molecule is CC(C)c1nc(Cl)c2cccc(C=O)n12. The summed E-state index contributed by atoms with van der Waals surface area (Å²) in [4.78, 5) is 15.2. The van der Waals surface area contributed by atoms with Crippen molar-refractivity contribution in [1.29, 1.82) is 0 Å². The second-order valence-electron chi connectivity index (χ2n) is 3.70. The van der Waals surface area contributed by atoms with E-state index in [0.29, 0.717) is 10.8 Å². The first-order valence-electron chi connectivity index (χ1n) is 4.77. The maximum Gasteiger partial charge on any atom is 0.166 e. The molecule has 2 rings (SSSR count). The highest BCUT2D eigenvalue weighted by Gasteiger charge is 2.14. The van der Waals surface area contributed by atoms with Gasteiger partial charge in [0.05, 0.1) is 11.2 Å². The van der Waals surface area contributed by atoms with Crippen LogP contribution in [0.3, 0.4) is 0 Å².